The van der Waals surface area contributed by atoms with Crippen molar-refractivity contribution in [3.8, 4) is 17.6 Å². The third-order valence-corrected chi connectivity index (χ3v) is 5.20. The molecule has 0 aliphatic heterocycles. The van der Waals surface area contributed by atoms with Crippen LogP contribution in [0.25, 0.3) is 11.6 Å². The lowest BCUT2D eigenvalue weighted by atomic mass is 10.0. The quantitative estimate of drug-likeness (QED) is 0.279. The summed E-state index contributed by atoms with van der Waals surface area (Å²) in [6, 6.07) is 20.7. The molecular formula is C26H21BrN2O5. The number of nitriles is 1. The maximum atomic E-state index is 12.3. The minimum atomic E-state index is -1.03. The predicted octanol–water partition coefficient (Wildman–Crippen LogP) is 5.63. The van der Waals surface area contributed by atoms with Gasteiger partial charge in [0.15, 0.2) is 18.1 Å². The van der Waals surface area contributed by atoms with E-state index in [0.29, 0.717) is 45.0 Å². The summed E-state index contributed by atoms with van der Waals surface area (Å²) in [7, 11) is 0. The molecule has 7 nitrogen and oxygen atoms in total. The van der Waals surface area contributed by atoms with Crippen molar-refractivity contribution in [1.29, 1.82) is 5.26 Å². The largest absolute Gasteiger partial charge is 0.490 e. The smallest absolute Gasteiger partial charge is 0.335 e. The average Bonchev–Trinajstić information content (AvgIpc) is 2.83. The van der Waals surface area contributed by atoms with Crippen LogP contribution in [-0.2, 0) is 4.79 Å². The fourth-order valence-corrected chi connectivity index (χ4v) is 3.64. The zero-order valence-electron chi connectivity index (χ0n) is 18.2. The number of benzene rings is 3. The molecule has 0 saturated carbocycles. The van der Waals surface area contributed by atoms with Gasteiger partial charge in [-0.2, -0.15) is 5.26 Å². The van der Waals surface area contributed by atoms with Crippen LogP contribution in [0.4, 0.5) is 5.69 Å². The Bertz CT molecular complexity index is 1250. The molecule has 3 rings (SSSR count). The molecule has 0 aliphatic rings. The van der Waals surface area contributed by atoms with Crippen LogP contribution in [0.15, 0.2) is 71.2 Å². The van der Waals surface area contributed by atoms with Gasteiger partial charge in [-0.3, -0.25) is 4.79 Å². The molecule has 0 bridgehead atoms. The first-order valence-corrected chi connectivity index (χ1v) is 11.1. The van der Waals surface area contributed by atoms with Crippen molar-refractivity contribution in [2.24, 2.45) is 0 Å². The summed E-state index contributed by atoms with van der Waals surface area (Å²) in [6.07, 6.45) is 1.66. The number of aromatic carboxylic acids is 1. The van der Waals surface area contributed by atoms with Gasteiger partial charge < -0.3 is 19.9 Å². The van der Waals surface area contributed by atoms with E-state index < -0.39 is 5.97 Å². The zero-order chi connectivity index (χ0) is 24.5. The Hall–Kier alpha value is -4.09. The van der Waals surface area contributed by atoms with E-state index in [1.807, 2.05) is 25.1 Å². The Morgan fingerprint density at radius 1 is 1.06 bits per heavy atom. The highest BCUT2D eigenvalue weighted by atomic mass is 79.9. The summed E-state index contributed by atoms with van der Waals surface area (Å²) < 4.78 is 12.0. The van der Waals surface area contributed by atoms with Crippen molar-refractivity contribution in [1.82, 2.24) is 0 Å². The summed E-state index contributed by atoms with van der Waals surface area (Å²) in [6.45, 7) is 1.98. The second-order valence-electron chi connectivity index (χ2n) is 7.02. The number of para-hydroxylation sites is 1. The van der Waals surface area contributed by atoms with Crippen molar-refractivity contribution < 1.29 is 24.2 Å². The van der Waals surface area contributed by atoms with Crippen LogP contribution in [0.2, 0.25) is 0 Å². The van der Waals surface area contributed by atoms with Crippen molar-refractivity contribution in [2.75, 3.05) is 18.5 Å². The Morgan fingerprint density at radius 3 is 2.35 bits per heavy atom. The van der Waals surface area contributed by atoms with E-state index in [2.05, 4.69) is 27.3 Å². The standard InChI is InChI=1S/C26H21BrN2O5/c1-2-33-23-14-17(12-20(15-28)18-8-10-19(11-9-18)26(31)32)13-22(27)25(23)34-16-24(30)29-21-6-4-3-5-7-21/h3-14H,2,16H2,1H3,(H,29,30)(H,31,32)/b20-12-. The minimum absolute atomic E-state index is 0.139. The van der Waals surface area contributed by atoms with E-state index >= 15 is 0 Å². The van der Waals surface area contributed by atoms with Gasteiger partial charge in [0, 0.05) is 5.69 Å². The zero-order valence-corrected chi connectivity index (χ0v) is 19.8. The Labute approximate surface area is 205 Å². The number of carboxylic acid groups (broad SMARTS) is 1. The number of hydrogen-bond donors (Lipinski definition) is 2. The van der Waals surface area contributed by atoms with E-state index in [9.17, 15) is 14.9 Å². The molecule has 0 aliphatic carbocycles. The number of carboxylic acids is 1. The van der Waals surface area contributed by atoms with Crippen LogP contribution in [0.5, 0.6) is 11.5 Å². The Kier molecular flexibility index (Phi) is 8.43. The lowest BCUT2D eigenvalue weighted by Crippen LogP contribution is -2.20. The number of allylic oxidation sites excluding steroid dienone is 1. The van der Waals surface area contributed by atoms with Crippen molar-refractivity contribution in [3.05, 3.63) is 87.9 Å². The number of nitrogens with one attached hydrogen (secondary N) is 1. The number of amides is 1. The van der Waals surface area contributed by atoms with Crippen LogP contribution in [0.1, 0.15) is 28.4 Å². The molecule has 0 aromatic heterocycles. The number of carbonyl (C=O) groups is 2. The number of ether oxygens (including phenoxy) is 2. The van der Waals surface area contributed by atoms with Gasteiger partial charge in [0.05, 0.1) is 28.3 Å². The van der Waals surface area contributed by atoms with Crippen molar-refractivity contribution >= 4 is 45.1 Å². The summed E-state index contributed by atoms with van der Waals surface area (Å²) in [5.74, 6) is -0.575. The first kappa shape index (κ1) is 24.6. The summed E-state index contributed by atoms with van der Waals surface area (Å²) in [4.78, 5) is 23.3. The number of halogens is 1. The Morgan fingerprint density at radius 2 is 1.74 bits per heavy atom. The lowest BCUT2D eigenvalue weighted by Gasteiger charge is -2.15. The van der Waals surface area contributed by atoms with Gasteiger partial charge in [0.2, 0.25) is 0 Å². The number of hydrogen-bond acceptors (Lipinski definition) is 5. The summed E-state index contributed by atoms with van der Waals surface area (Å²) >= 11 is 3.46. The molecule has 3 aromatic carbocycles. The van der Waals surface area contributed by atoms with Crippen molar-refractivity contribution in [2.45, 2.75) is 6.92 Å². The normalized spacial score (nSPS) is 10.8. The van der Waals surface area contributed by atoms with Crippen LogP contribution in [0, 0.1) is 11.3 Å². The monoisotopic (exact) mass is 520 g/mol. The second-order valence-corrected chi connectivity index (χ2v) is 7.87. The third kappa shape index (κ3) is 6.47. The van der Waals surface area contributed by atoms with Gasteiger partial charge in [-0.25, -0.2) is 4.79 Å². The fourth-order valence-electron chi connectivity index (χ4n) is 3.07. The molecule has 0 spiro atoms. The summed E-state index contributed by atoms with van der Waals surface area (Å²) in [5, 5.41) is 21.5. The van der Waals surface area contributed by atoms with Gasteiger partial charge in [-0.1, -0.05) is 30.3 Å². The molecule has 0 heterocycles. The molecule has 1 amide bonds. The molecule has 2 N–H and O–H groups in total. The molecule has 0 saturated heterocycles. The first-order chi connectivity index (χ1) is 16.4. The van der Waals surface area contributed by atoms with E-state index in [-0.39, 0.29) is 18.1 Å². The van der Waals surface area contributed by atoms with Gasteiger partial charge in [-0.05, 0) is 76.5 Å². The van der Waals surface area contributed by atoms with Crippen molar-refractivity contribution in [3.63, 3.8) is 0 Å². The molecule has 8 heteroatoms. The number of nitrogens with zero attached hydrogens (tertiary/aromatic N) is 1. The van der Waals surface area contributed by atoms with Crippen LogP contribution in [0.3, 0.4) is 0 Å². The maximum Gasteiger partial charge on any atom is 0.335 e. The summed E-state index contributed by atoms with van der Waals surface area (Å²) in [5.41, 5.74) is 2.40. The minimum Gasteiger partial charge on any atom is -0.490 e. The third-order valence-electron chi connectivity index (χ3n) is 4.61. The number of carbonyl (C=O) groups excluding carboxylic acids is 1. The molecular weight excluding hydrogens is 500 g/mol. The topological polar surface area (TPSA) is 109 Å². The van der Waals surface area contributed by atoms with E-state index in [4.69, 9.17) is 14.6 Å². The Balaban J connectivity index is 1.82. The molecule has 34 heavy (non-hydrogen) atoms. The van der Waals surface area contributed by atoms with Gasteiger partial charge in [0.1, 0.15) is 0 Å². The van der Waals surface area contributed by atoms with E-state index in [1.165, 1.54) is 12.1 Å². The van der Waals surface area contributed by atoms with Gasteiger partial charge in [0.25, 0.3) is 5.91 Å². The average molecular weight is 521 g/mol. The highest BCUT2D eigenvalue weighted by Crippen LogP contribution is 2.38. The highest BCUT2D eigenvalue weighted by molar-refractivity contribution is 9.10. The number of anilines is 1. The second kappa shape index (κ2) is 11.7. The fraction of sp³-hybridized carbons (Fsp3) is 0.115. The van der Waals surface area contributed by atoms with E-state index in [0.717, 1.165) is 0 Å². The lowest BCUT2D eigenvalue weighted by molar-refractivity contribution is -0.118. The van der Waals surface area contributed by atoms with Gasteiger partial charge >= 0.3 is 5.97 Å². The molecule has 172 valence electrons. The van der Waals surface area contributed by atoms with Crippen LogP contribution < -0.4 is 14.8 Å². The number of rotatable bonds is 9. The molecule has 0 atom stereocenters. The van der Waals surface area contributed by atoms with Gasteiger partial charge in [-0.15, -0.1) is 0 Å². The van der Waals surface area contributed by atoms with Crippen LogP contribution in [-0.4, -0.2) is 30.2 Å². The predicted molar refractivity (Wildman–Crippen MR) is 133 cm³/mol. The molecule has 3 aromatic rings. The molecule has 0 fully saturated rings. The molecule has 0 unspecified atom stereocenters. The first-order valence-electron chi connectivity index (χ1n) is 10.3. The molecule has 0 radical (unpaired) electrons. The SMILES string of the molecule is CCOc1cc(/C=C(/C#N)c2ccc(C(=O)O)cc2)cc(Br)c1OCC(=O)Nc1ccccc1. The maximum absolute atomic E-state index is 12.3. The van der Waals surface area contributed by atoms with Crippen LogP contribution >= 0.6 is 15.9 Å². The van der Waals surface area contributed by atoms with E-state index in [1.54, 1.807) is 42.5 Å². The highest BCUT2D eigenvalue weighted by Gasteiger charge is 2.15.